The number of hydrogen-bond donors (Lipinski definition) is 2. The van der Waals surface area contributed by atoms with E-state index in [1.807, 2.05) is 18.2 Å². The van der Waals surface area contributed by atoms with Crippen LogP contribution in [0.5, 0.6) is 0 Å². The lowest BCUT2D eigenvalue weighted by atomic mass is 9.92. The molecule has 0 saturated carbocycles. The van der Waals surface area contributed by atoms with Gasteiger partial charge in [0.2, 0.25) is 12.2 Å². The molecule has 0 amide bonds. The maximum absolute atomic E-state index is 8.35. The molecule has 0 unspecified atom stereocenters. The summed E-state index contributed by atoms with van der Waals surface area (Å²) in [7, 11) is 0. The Bertz CT molecular complexity index is 531. The number of isocyanates is 2. The Morgan fingerprint density at radius 1 is 0.810 bits per heavy atom. The van der Waals surface area contributed by atoms with Crippen molar-refractivity contribution in [3.8, 4) is 0 Å². The summed E-state index contributed by atoms with van der Waals surface area (Å²) in [5.74, 6) is 0.299. The molecule has 0 fully saturated rings. The molecule has 0 spiro atoms. The van der Waals surface area contributed by atoms with Gasteiger partial charge in [-0.25, -0.2) is 20.4 Å². The molecule has 0 bridgehead atoms. The lowest BCUT2D eigenvalue weighted by molar-refractivity contribution is 0.562. The topological polar surface area (TPSA) is 81.8 Å². The molecule has 0 aromatic heterocycles. The van der Waals surface area contributed by atoms with Crippen LogP contribution < -0.4 is 0 Å². The average Bonchev–Trinajstić information content (AvgIpc) is 2.52. The Labute approximate surface area is 123 Å². The van der Waals surface area contributed by atoms with E-state index >= 15 is 0 Å². The van der Waals surface area contributed by atoms with E-state index < -0.39 is 0 Å². The molecular weight excluding hydrogens is 264 g/mol. The van der Waals surface area contributed by atoms with Gasteiger partial charge < -0.3 is 0 Å². The fourth-order valence-corrected chi connectivity index (χ4v) is 1.79. The van der Waals surface area contributed by atoms with Crippen LogP contribution in [-0.4, -0.2) is 12.2 Å². The minimum atomic E-state index is 0.299. The largest absolute Gasteiger partial charge is 0.231 e. The predicted octanol–water partition coefficient (Wildman–Crippen LogP) is 3.81. The van der Waals surface area contributed by atoms with E-state index in [-0.39, 0.29) is 0 Å². The quantitative estimate of drug-likeness (QED) is 0.509. The van der Waals surface area contributed by atoms with Crippen molar-refractivity contribution in [2.24, 2.45) is 0 Å². The van der Waals surface area contributed by atoms with Crippen LogP contribution in [-0.2, 0) is 9.59 Å². The highest BCUT2D eigenvalue weighted by atomic mass is 16.1. The van der Waals surface area contributed by atoms with E-state index in [4.69, 9.17) is 20.4 Å². The lowest BCUT2D eigenvalue weighted by Gasteiger charge is -2.12. The lowest BCUT2D eigenvalue weighted by Crippen LogP contribution is -1.96. The van der Waals surface area contributed by atoms with Crippen molar-refractivity contribution < 1.29 is 9.59 Å². The first kappa shape index (κ1) is 17.9. The molecule has 0 aliphatic heterocycles. The van der Waals surface area contributed by atoms with E-state index in [2.05, 4.69) is 55.1 Å². The second-order valence-corrected chi connectivity index (χ2v) is 3.74. The Morgan fingerprint density at radius 2 is 1.10 bits per heavy atom. The summed E-state index contributed by atoms with van der Waals surface area (Å²) in [6.07, 6.45) is 3.49. The number of carbonyl (C=O) groups excluding carboxylic acids is 2. The Balaban J connectivity index is 0.000000578. The van der Waals surface area contributed by atoms with Gasteiger partial charge in [0.15, 0.2) is 0 Å². The minimum Gasteiger partial charge on any atom is -0.222 e. The molecule has 0 aliphatic carbocycles. The van der Waals surface area contributed by atoms with E-state index in [0.29, 0.717) is 5.92 Å². The number of rotatable bonds is 3. The average molecular weight is 280 g/mol. The molecule has 0 radical (unpaired) electrons. The van der Waals surface area contributed by atoms with Gasteiger partial charge in [-0.15, -0.1) is 6.58 Å². The van der Waals surface area contributed by atoms with Gasteiger partial charge in [-0.3, -0.25) is 0 Å². The van der Waals surface area contributed by atoms with Crippen molar-refractivity contribution in [1.82, 2.24) is 0 Å². The van der Waals surface area contributed by atoms with Gasteiger partial charge in [0.1, 0.15) is 0 Å². The zero-order valence-electron chi connectivity index (χ0n) is 11.5. The SMILES string of the molecule is C=CC(c1ccccc1)c1ccccc1.N=C=O.N=C=O. The summed E-state index contributed by atoms with van der Waals surface area (Å²) >= 11 is 0. The van der Waals surface area contributed by atoms with Crippen LogP contribution in [0.1, 0.15) is 17.0 Å². The van der Waals surface area contributed by atoms with Gasteiger partial charge in [0.05, 0.1) is 0 Å². The normalized spacial score (nSPS) is 8.05. The van der Waals surface area contributed by atoms with Gasteiger partial charge in [0.25, 0.3) is 0 Å². The number of nitrogens with one attached hydrogen (secondary N) is 2. The number of hydrogen-bond acceptors (Lipinski definition) is 4. The Hall–Kier alpha value is -3.06. The van der Waals surface area contributed by atoms with Crippen LogP contribution in [0, 0.1) is 10.8 Å². The second kappa shape index (κ2) is 12.0. The van der Waals surface area contributed by atoms with Gasteiger partial charge >= 0.3 is 0 Å². The van der Waals surface area contributed by atoms with E-state index in [9.17, 15) is 0 Å². The van der Waals surface area contributed by atoms with Crippen molar-refractivity contribution >= 4 is 12.2 Å². The second-order valence-electron chi connectivity index (χ2n) is 3.74. The van der Waals surface area contributed by atoms with Crippen LogP contribution in [0.4, 0.5) is 0 Å². The maximum atomic E-state index is 8.35. The van der Waals surface area contributed by atoms with Gasteiger partial charge in [0, 0.05) is 5.92 Å². The number of benzene rings is 2. The molecule has 4 nitrogen and oxygen atoms in total. The fourth-order valence-electron chi connectivity index (χ4n) is 1.79. The number of allylic oxidation sites excluding steroid dienone is 1. The highest BCUT2D eigenvalue weighted by molar-refractivity contribution is 5.35. The van der Waals surface area contributed by atoms with Crippen molar-refractivity contribution in [2.75, 3.05) is 0 Å². The van der Waals surface area contributed by atoms with Gasteiger partial charge in [-0.05, 0) is 11.1 Å². The molecule has 0 aliphatic rings. The Morgan fingerprint density at radius 3 is 1.33 bits per heavy atom. The predicted molar refractivity (Wildman–Crippen MR) is 81.8 cm³/mol. The highest BCUT2D eigenvalue weighted by Gasteiger charge is 2.08. The zero-order chi connectivity index (χ0) is 15.9. The first-order valence-electron chi connectivity index (χ1n) is 6.05. The molecule has 2 aromatic rings. The first-order chi connectivity index (χ1) is 10.2. The van der Waals surface area contributed by atoms with Crippen molar-refractivity contribution in [3.63, 3.8) is 0 Å². The molecule has 106 valence electrons. The van der Waals surface area contributed by atoms with E-state index in [0.717, 1.165) is 12.2 Å². The molecule has 2 aromatic carbocycles. The summed E-state index contributed by atoms with van der Waals surface area (Å²) in [4.78, 5) is 16.7. The van der Waals surface area contributed by atoms with Crippen LogP contribution in [0.3, 0.4) is 0 Å². The fraction of sp³-hybridized carbons (Fsp3) is 0.0588. The summed E-state index contributed by atoms with van der Waals surface area (Å²) in [6.45, 7) is 3.91. The highest BCUT2D eigenvalue weighted by Crippen LogP contribution is 2.24. The summed E-state index contributed by atoms with van der Waals surface area (Å²) in [6, 6.07) is 20.9. The molecule has 2 N–H and O–H groups in total. The van der Waals surface area contributed by atoms with E-state index in [1.165, 1.54) is 11.1 Å². The van der Waals surface area contributed by atoms with Gasteiger partial charge in [-0.1, -0.05) is 66.7 Å². The zero-order valence-corrected chi connectivity index (χ0v) is 11.5. The summed E-state index contributed by atoms with van der Waals surface area (Å²) in [5.41, 5.74) is 2.58. The molecule has 2 rings (SSSR count). The maximum Gasteiger partial charge on any atom is 0.231 e. The first-order valence-corrected chi connectivity index (χ1v) is 6.05. The third-order valence-electron chi connectivity index (χ3n) is 2.55. The summed E-state index contributed by atoms with van der Waals surface area (Å²) < 4.78 is 0. The molecule has 0 atom stereocenters. The van der Waals surface area contributed by atoms with Crippen molar-refractivity contribution in [3.05, 3.63) is 84.4 Å². The molecule has 4 heteroatoms. The van der Waals surface area contributed by atoms with Crippen molar-refractivity contribution in [1.29, 1.82) is 10.8 Å². The third kappa shape index (κ3) is 7.19. The molecule has 0 saturated heterocycles. The Kier molecular flexibility index (Phi) is 10.3. The third-order valence-corrected chi connectivity index (χ3v) is 2.55. The monoisotopic (exact) mass is 280 g/mol. The van der Waals surface area contributed by atoms with Crippen molar-refractivity contribution in [2.45, 2.75) is 5.92 Å². The molecule has 21 heavy (non-hydrogen) atoms. The van der Waals surface area contributed by atoms with Crippen LogP contribution in [0.2, 0.25) is 0 Å². The van der Waals surface area contributed by atoms with Crippen LogP contribution >= 0.6 is 0 Å². The standard InChI is InChI=1S/C15H14.2CHNO/c1-2-15(13-9-5-3-6-10-13)14-11-7-4-8-12-14;2*2-1-3/h2-12,15H,1H2;2*2H. The molecule has 0 heterocycles. The molecular formula is C17H16N2O2. The minimum absolute atomic E-state index is 0.299. The van der Waals surface area contributed by atoms with Crippen LogP contribution in [0.15, 0.2) is 73.3 Å². The van der Waals surface area contributed by atoms with Gasteiger partial charge in [-0.2, -0.15) is 0 Å². The van der Waals surface area contributed by atoms with E-state index in [1.54, 1.807) is 0 Å². The smallest absolute Gasteiger partial charge is 0.222 e. The summed E-state index contributed by atoms with van der Waals surface area (Å²) in [5, 5.41) is 10.8. The van der Waals surface area contributed by atoms with Crippen LogP contribution in [0.25, 0.3) is 0 Å².